The maximum absolute atomic E-state index is 12.8. The van der Waals surface area contributed by atoms with Gasteiger partial charge in [-0.25, -0.2) is 4.79 Å². The Morgan fingerprint density at radius 2 is 1.55 bits per heavy atom. The second-order valence-corrected chi connectivity index (χ2v) is 9.99. The van der Waals surface area contributed by atoms with Gasteiger partial charge in [-0.1, -0.05) is 84.9 Å². The maximum Gasteiger partial charge on any atom is 0.352 e. The molecule has 0 bridgehead atoms. The van der Waals surface area contributed by atoms with Crippen LogP contribution in [0.3, 0.4) is 0 Å². The van der Waals surface area contributed by atoms with Crippen LogP contribution in [0.5, 0.6) is 5.75 Å². The topological polar surface area (TPSA) is 64.3 Å². The molecule has 0 aliphatic rings. The zero-order valence-electron chi connectivity index (χ0n) is 22.4. The van der Waals surface area contributed by atoms with Gasteiger partial charge in [0.2, 0.25) is 0 Å². The summed E-state index contributed by atoms with van der Waals surface area (Å²) in [5.74, 6) is -0.0937. The Kier molecular flexibility index (Phi) is 7.02. The maximum atomic E-state index is 12.8. The first-order valence-corrected chi connectivity index (χ1v) is 13.6. The molecule has 5 heteroatoms. The highest BCUT2D eigenvalue weighted by molar-refractivity contribution is 6.04. The molecule has 40 heavy (non-hydrogen) atoms. The average molecular weight is 527 g/mol. The molecule has 0 radical (unpaired) electrons. The van der Waals surface area contributed by atoms with Crippen LogP contribution in [0, 0.1) is 6.92 Å². The molecule has 2 aromatic heterocycles. The predicted molar refractivity (Wildman–Crippen MR) is 160 cm³/mol. The lowest BCUT2D eigenvalue weighted by Crippen LogP contribution is -2.13. The molecule has 0 aliphatic carbocycles. The van der Waals surface area contributed by atoms with Crippen LogP contribution in [0.4, 0.5) is 0 Å². The molecule has 6 aromatic rings. The lowest BCUT2D eigenvalue weighted by molar-refractivity contribution is 0.0684. The smallest absolute Gasteiger partial charge is 0.352 e. The molecule has 0 unspecified atom stereocenters. The Hall–Kier alpha value is -4.90. The fraction of sp³-hybridized carbons (Fsp3) is 0.143. The predicted octanol–water partition coefficient (Wildman–Crippen LogP) is 7.92. The molecular weight excluding hydrogens is 496 g/mol. The molecule has 5 nitrogen and oxygen atoms in total. The third-order valence-corrected chi connectivity index (χ3v) is 7.45. The lowest BCUT2D eigenvalue weighted by atomic mass is 9.97. The van der Waals surface area contributed by atoms with E-state index in [2.05, 4.69) is 48.3 Å². The Labute approximate surface area is 233 Å². The van der Waals surface area contributed by atoms with Gasteiger partial charge in [0.15, 0.2) is 0 Å². The number of benzene rings is 4. The van der Waals surface area contributed by atoms with E-state index < -0.39 is 5.97 Å². The van der Waals surface area contributed by atoms with Gasteiger partial charge in [0, 0.05) is 22.5 Å². The number of aromatic carboxylic acids is 1. The summed E-state index contributed by atoms with van der Waals surface area (Å²) in [4.78, 5) is 17.4. The number of ether oxygens (including phenoxy) is 1. The van der Waals surface area contributed by atoms with E-state index in [0.29, 0.717) is 31.7 Å². The number of aromatic nitrogens is 2. The number of rotatable bonds is 9. The number of carbonyl (C=O) groups is 1. The molecule has 0 saturated carbocycles. The molecule has 0 amide bonds. The SMILES string of the molecule is Cc1ccccc1-c1cccc2c(CCCOc3cccc4ccccc34)c(C(=O)O)n(Cc3ccccn3)c12. The van der Waals surface area contributed by atoms with Crippen LogP contribution >= 0.6 is 0 Å². The van der Waals surface area contributed by atoms with Crippen molar-refractivity contribution in [3.05, 3.63) is 132 Å². The molecular formula is C35H30N2O3. The van der Waals surface area contributed by atoms with Crippen molar-refractivity contribution in [3.8, 4) is 16.9 Å². The quantitative estimate of drug-likeness (QED) is 0.194. The van der Waals surface area contributed by atoms with E-state index in [1.54, 1.807) is 6.20 Å². The van der Waals surface area contributed by atoms with Gasteiger partial charge in [-0.2, -0.15) is 0 Å². The highest BCUT2D eigenvalue weighted by atomic mass is 16.5. The summed E-state index contributed by atoms with van der Waals surface area (Å²) in [5, 5.41) is 13.7. The van der Waals surface area contributed by atoms with Crippen molar-refractivity contribution in [2.75, 3.05) is 6.61 Å². The first kappa shape index (κ1) is 25.4. The number of carboxylic acid groups (broad SMARTS) is 1. The van der Waals surface area contributed by atoms with E-state index in [1.807, 2.05) is 71.3 Å². The fourth-order valence-electron chi connectivity index (χ4n) is 5.63. The summed E-state index contributed by atoms with van der Waals surface area (Å²) in [5.41, 5.74) is 6.13. The number of para-hydroxylation sites is 1. The number of carboxylic acids is 1. The highest BCUT2D eigenvalue weighted by Crippen LogP contribution is 2.37. The number of hydrogen-bond donors (Lipinski definition) is 1. The first-order valence-electron chi connectivity index (χ1n) is 13.6. The van der Waals surface area contributed by atoms with Crippen molar-refractivity contribution in [1.82, 2.24) is 9.55 Å². The third-order valence-electron chi connectivity index (χ3n) is 7.45. The van der Waals surface area contributed by atoms with Crippen LogP contribution in [0.15, 0.2) is 109 Å². The Morgan fingerprint density at radius 1 is 0.825 bits per heavy atom. The zero-order valence-corrected chi connectivity index (χ0v) is 22.4. The number of pyridine rings is 1. The van der Waals surface area contributed by atoms with Crippen LogP contribution in [-0.2, 0) is 13.0 Å². The van der Waals surface area contributed by atoms with Crippen LogP contribution in [0.1, 0.15) is 33.7 Å². The van der Waals surface area contributed by atoms with Gasteiger partial charge in [-0.3, -0.25) is 4.98 Å². The minimum absolute atomic E-state index is 0.312. The summed E-state index contributed by atoms with van der Waals surface area (Å²) in [6.45, 7) is 2.94. The van der Waals surface area contributed by atoms with Crippen molar-refractivity contribution in [3.63, 3.8) is 0 Å². The van der Waals surface area contributed by atoms with Crippen LogP contribution in [0.25, 0.3) is 32.8 Å². The van der Waals surface area contributed by atoms with E-state index >= 15 is 0 Å². The molecule has 0 atom stereocenters. The third kappa shape index (κ3) is 4.82. The standard InChI is InChI=1S/C35H30N2O3/c1-24-11-2-4-15-27(24)29-17-9-18-30-31(19-10-22-40-32-20-8-13-25-12-3-5-16-28(25)32)34(35(38)39)37(33(29)30)23-26-14-6-7-21-36-26/h2-9,11-18,20-21H,10,19,22-23H2,1H3,(H,38,39). The number of nitrogens with zero attached hydrogens (tertiary/aromatic N) is 2. The number of hydrogen-bond acceptors (Lipinski definition) is 3. The normalized spacial score (nSPS) is 11.2. The number of aryl methyl sites for hydroxylation is 2. The minimum Gasteiger partial charge on any atom is -0.493 e. The van der Waals surface area contributed by atoms with Gasteiger partial charge in [0.1, 0.15) is 11.4 Å². The monoisotopic (exact) mass is 526 g/mol. The zero-order chi connectivity index (χ0) is 27.5. The van der Waals surface area contributed by atoms with Crippen molar-refractivity contribution in [1.29, 1.82) is 0 Å². The lowest BCUT2D eigenvalue weighted by Gasteiger charge is -2.13. The van der Waals surface area contributed by atoms with Crippen LogP contribution in [0.2, 0.25) is 0 Å². The van der Waals surface area contributed by atoms with Crippen molar-refractivity contribution in [2.45, 2.75) is 26.3 Å². The number of fused-ring (bicyclic) bond motifs is 2. The summed E-state index contributed by atoms with van der Waals surface area (Å²) < 4.78 is 8.13. The molecule has 4 aromatic carbocycles. The second kappa shape index (κ2) is 11.1. The molecule has 1 N–H and O–H groups in total. The van der Waals surface area contributed by atoms with Crippen LogP contribution < -0.4 is 4.74 Å². The molecule has 0 spiro atoms. The summed E-state index contributed by atoms with van der Waals surface area (Å²) >= 11 is 0. The molecule has 6 rings (SSSR count). The van der Waals surface area contributed by atoms with Gasteiger partial charge in [0.05, 0.1) is 24.4 Å². The molecule has 198 valence electrons. The summed E-state index contributed by atoms with van der Waals surface area (Å²) in [6, 6.07) is 34.3. The van der Waals surface area contributed by atoms with Crippen molar-refractivity contribution in [2.24, 2.45) is 0 Å². The Bertz CT molecular complexity index is 1820. The van der Waals surface area contributed by atoms with E-state index in [0.717, 1.165) is 55.4 Å². The largest absolute Gasteiger partial charge is 0.493 e. The molecule has 0 fully saturated rings. The van der Waals surface area contributed by atoms with Crippen molar-refractivity contribution < 1.29 is 14.6 Å². The molecule has 0 saturated heterocycles. The van der Waals surface area contributed by atoms with Gasteiger partial charge in [0.25, 0.3) is 0 Å². The molecule has 0 aliphatic heterocycles. The average Bonchev–Trinajstić information content (AvgIpc) is 3.29. The van der Waals surface area contributed by atoms with E-state index in [9.17, 15) is 9.90 Å². The minimum atomic E-state index is -0.937. The van der Waals surface area contributed by atoms with Gasteiger partial charge < -0.3 is 14.4 Å². The van der Waals surface area contributed by atoms with E-state index in [4.69, 9.17) is 4.74 Å². The van der Waals surface area contributed by atoms with E-state index in [-0.39, 0.29) is 0 Å². The first-order chi connectivity index (χ1) is 19.6. The van der Waals surface area contributed by atoms with Crippen molar-refractivity contribution >= 4 is 27.6 Å². The van der Waals surface area contributed by atoms with Gasteiger partial charge >= 0.3 is 5.97 Å². The Balaban J connectivity index is 1.40. The summed E-state index contributed by atoms with van der Waals surface area (Å²) in [7, 11) is 0. The van der Waals surface area contributed by atoms with Gasteiger partial charge in [-0.15, -0.1) is 0 Å². The fourth-order valence-corrected chi connectivity index (χ4v) is 5.63. The molecule has 2 heterocycles. The van der Waals surface area contributed by atoms with E-state index in [1.165, 1.54) is 0 Å². The van der Waals surface area contributed by atoms with Crippen LogP contribution in [-0.4, -0.2) is 27.2 Å². The Morgan fingerprint density at radius 3 is 2.38 bits per heavy atom. The highest BCUT2D eigenvalue weighted by Gasteiger charge is 2.25. The summed E-state index contributed by atoms with van der Waals surface area (Å²) in [6.07, 6.45) is 3.01. The second-order valence-electron chi connectivity index (χ2n) is 9.99. The van der Waals surface area contributed by atoms with Gasteiger partial charge in [-0.05, 0) is 60.0 Å².